The molecular weight excluding hydrogens is 361 g/mol. The van der Waals surface area contributed by atoms with Crippen molar-refractivity contribution < 1.29 is 4.39 Å². The van der Waals surface area contributed by atoms with Crippen molar-refractivity contribution in [2.75, 3.05) is 0 Å². The number of allylic oxidation sites excluding steroid dienone is 1. The van der Waals surface area contributed by atoms with Gasteiger partial charge in [-0.2, -0.15) is 5.26 Å². The number of nitriles is 1. The highest BCUT2D eigenvalue weighted by Crippen LogP contribution is 2.21. The molecule has 0 aliphatic rings. The zero-order valence-corrected chi connectivity index (χ0v) is 13.3. The van der Waals surface area contributed by atoms with E-state index in [0.717, 1.165) is 0 Å². The van der Waals surface area contributed by atoms with Crippen LogP contribution in [0.25, 0.3) is 22.6 Å². The summed E-state index contributed by atoms with van der Waals surface area (Å²) in [4.78, 5) is 18.9. The first-order valence-electron chi connectivity index (χ1n) is 6.65. The summed E-state index contributed by atoms with van der Waals surface area (Å²) in [6.45, 7) is 0. The van der Waals surface area contributed by atoms with Gasteiger partial charge >= 0.3 is 0 Å². The van der Waals surface area contributed by atoms with Gasteiger partial charge in [0.15, 0.2) is 5.82 Å². The molecule has 1 heterocycles. The van der Waals surface area contributed by atoms with Crippen LogP contribution in [0.4, 0.5) is 4.39 Å². The van der Waals surface area contributed by atoms with E-state index in [1.807, 2.05) is 6.07 Å². The maximum atomic E-state index is 13.8. The van der Waals surface area contributed by atoms with Crippen LogP contribution in [-0.2, 0) is 0 Å². The first-order valence-corrected chi connectivity index (χ1v) is 7.44. The van der Waals surface area contributed by atoms with Crippen LogP contribution in [0.1, 0.15) is 11.4 Å². The van der Waals surface area contributed by atoms with Crippen LogP contribution in [0.15, 0.2) is 51.7 Å². The van der Waals surface area contributed by atoms with Crippen LogP contribution < -0.4 is 5.56 Å². The normalized spacial score (nSPS) is 11.4. The number of benzene rings is 2. The molecule has 1 N–H and O–H groups in total. The average Bonchev–Trinajstić information content (AvgIpc) is 2.55. The standard InChI is InChI=1S/C17H9BrFN3O/c18-12-5-6-14(19)10(8-12)7-11(9-20)16-21-15-4-2-1-3-13(15)17(23)22-16/h1-8H,(H,21,22,23)/b11-7+. The number of rotatable bonds is 2. The molecule has 0 amide bonds. The van der Waals surface area contributed by atoms with Gasteiger partial charge in [-0.15, -0.1) is 0 Å². The summed E-state index contributed by atoms with van der Waals surface area (Å²) >= 11 is 3.26. The van der Waals surface area contributed by atoms with Crippen LogP contribution in [0.2, 0.25) is 0 Å². The van der Waals surface area contributed by atoms with E-state index in [-0.39, 0.29) is 22.5 Å². The molecule has 3 rings (SSSR count). The predicted octanol–water partition coefficient (Wildman–Crippen LogP) is 3.89. The average molecular weight is 370 g/mol. The van der Waals surface area contributed by atoms with Crippen LogP contribution in [-0.4, -0.2) is 9.97 Å². The molecular formula is C17H9BrFN3O. The molecule has 0 spiro atoms. The summed E-state index contributed by atoms with van der Waals surface area (Å²) in [6.07, 6.45) is 1.35. The summed E-state index contributed by atoms with van der Waals surface area (Å²) in [5.41, 5.74) is 0.431. The number of para-hydroxylation sites is 1. The number of H-pyrrole nitrogens is 1. The molecule has 23 heavy (non-hydrogen) atoms. The van der Waals surface area contributed by atoms with Crippen LogP contribution in [0, 0.1) is 17.1 Å². The molecule has 0 aliphatic carbocycles. The molecule has 0 unspecified atom stereocenters. The first kappa shape index (κ1) is 15.1. The third-order valence-corrected chi connectivity index (χ3v) is 3.74. The topological polar surface area (TPSA) is 69.5 Å². The highest BCUT2D eigenvalue weighted by atomic mass is 79.9. The summed E-state index contributed by atoms with van der Waals surface area (Å²) < 4.78 is 14.5. The van der Waals surface area contributed by atoms with Crippen molar-refractivity contribution in [1.29, 1.82) is 5.26 Å². The van der Waals surface area contributed by atoms with Crippen molar-refractivity contribution in [3.8, 4) is 6.07 Å². The Morgan fingerprint density at radius 3 is 2.87 bits per heavy atom. The Labute approximate surface area is 139 Å². The minimum Gasteiger partial charge on any atom is -0.305 e. The molecule has 1 aromatic heterocycles. The van der Waals surface area contributed by atoms with Crippen molar-refractivity contribution >= 4 is 38.5 Å². The van der Waals surface area contributed by atoms with Crippen molar-refractivity contribution in [3.05, 3.63) is 74.5 Å². The van der Waals surface area contributed by atoms with Gasteiger partial charge in [0, 0.05) is 10.0 Å². The second kappa shape index (κ2) is 6.15. The van der Waals surface area contributed by atoms with Gasteiger partial charge in [-0.25, -0.2) is 9.37 Å². The lowest BCUT2D eigenvalue weighted by Gasteiger charge is -2.03. The summed E-state index contributed by atoms with van der Waals surface area (Å²) in [7, 11) is 0. The lowest BCUT2D eigenvalue weighted by molar-refractivity contribution is 0.625. The van der Waals surface area contributed by atoms with Crippen LogP contribution >= 0.6 is 15.9 Å². The van der Waals surface area contributed by atoms with Crippen LogP contribution in [0.3, 0.4) is 0 Å². The fourth-order valence-electron chi connectivity index (χ4n) is 2.15. The van der Waals surface area contributed by atoms with E-state index in [1.165, 1.54) is 12.1 Å². The lowest BCUT2D eigenvalue weighted by Crippen LogP contribution is -2.11. The number of aromatic nitrogens is 2. The van der Waals surface area contributed by atoms with E-state index in [9.17, 15) is 14.4 Å². The van der Waals surface area contributed by atoms with E-state index in [1.54, 1.807) is 36.4 Å². The number of hydrogen-bond acceptors (Lipinski definition) is 3. The van der Waals surface area contributed by atoms with E-state index in [2.05, 4.69) is 25.9 Å². The Hall–Kier alpha value is -2.78. The molecule has 0 bridgehead atoms. The van der Waals surface area contributed by atoms with Crippen molar-refractivity contribution in [1.82, 2.24) is 9.97 Å². The Morgan fingerprint density at radius 2 is 2.09 bits per heavy atom. The molecule has 2 aromatic carbocycles. The van der Waals surface area contributed by atoms with Crippen LogP contribution in [0.5, 0.6) is 0 Å². The van der Waals surface area contributed by atoms with Gasteiger partial charge in [0.05, 0.1) is 16.5 Å². The third-order valence-electron chi connectivity index (χ3n) is 3.25. The minimum absolute atomic E-state index is 0.0739. The number of hydrogen-bond donors (Lipinski definition) is 1. The van der Waals surface area contributed by atoms with Gasteiger partial charge in [-0.1, -0.05) is 28.1 Å². The number of nitrogens with one attached hydrogen (secondary N) is 1. The predicted molar refractivity (Wildman–Crippen MR) is 89.9 cm³/mol. The summed E-state index contributed by atoms with van der Waals surface area (Å²) in [6, 6.07) is 13.2. The largest absolute Gasteiger partial charge is 0.305 e. The molecule has 0 fully saturated rings. The zero-order valence-electron chi connectivity index (χ0n) is 11.7. The zero-order chi connectivity index (χ0) is 16.4. The lowest BCUT2D eigenvalue weighted by atomic mass is 10.1. The highest BCUT2D eigenvalue weighted by Gasteiger charge is 2.09. The van der Waals surface area contributed by atoms with E-state index >= 15 is 0 Å². The fraction of sp³-hybridized carbons (Fsp3) is 0. The SMILES string of the molecule is N#C/C(=C\c1cc(Br)ccc1F)c1nc2ccccc2c(=O)[nH]1. The molecule has 0 atom stereocenters. The van der Waals surface area contributed by atoms with Gasteiger partial charge in [0.1, 0.15) is 11.9 Å². The van der Waals surface area contributed by atoms with Gasteiger partial charge < -0.3 is 4.98 Å². The number of fused-ring (bicyclic) bond motifs is 1. The maximum Gasteiger partial charge on any atom is 0.259 e. The molecule has 0 saturated heterocycles. The Morgan fingerprint density at radius 1 is 1.30 bits per heavy atom. The van der Waals surface area contributed by atoms with E-state index in [4.69, 9.17) is 0 Å². The molecule has 3 aromatic rings. The third kappa shape index (κ3) is 3.05. The second-order valence-corrected chi connectivity index (χ2v) is 5.68. The number of nitrogens with zero attached hydrogens (tertiary/aromatic N) is 2. The second-order valence-electron chi connectivity index (χ2n) is 4.77. The smallest absolute Gasteiger partial charge is 0.259 e. The molecule has 0 saturated carbocycles. The first-order chi connectivity index (χ1) is 11.1. The molecule has 6 heteroatoms. The van der Waals surface area contributed by atoms with Gasteiger partial charge in [-0.3, -0.25) is 4.79 Å². The van der Waals surface area contributed by atoms with E-state index < -0.39 is 5.82 Å². The van der Waals surface area contributed by atoms with Crippen molar-refractivity contribution in [2.24, 2.45) is 0 Å². The van der Waals surface area contributed by atoms with Gasteiger partial charge in [0.2, 0.25) is 0 Å². The number of aromatic amines is 1. The molecule has 0 radical (unpaired) electrons. The maximum absolute atomic E-state index is 13.8. The minimum atomic E-state index is -0.468. The van der Waals surface area contributed by atoms with Gasteiger partial charge in [0.25, 0.3) is 5.56 Å². The Kier molecular flexibility index (Phi) is 4.04. The van der Waals surface area contributed by atoms with Gasteiger partial charge in [-0.05, 0) is 36.4 Å². The molecule has 0 aliphatic heterocycles. The van der Waals surface area contributed by atoms with Crippen molar-refractivity contribution in [2.45, 2.75) is 0 Å². The Balaban J connectivity index is 2.19. The highest BCUT2D eigenvalue weighted by molar-refractivity contribution is 9.10. The summed E-state index contributed by atoms with van der Waals surface area (Å²) in [5.74, 6) is -0.361. The quantitative estimate of drug-likeness (QED) is 0.696. The summed E-state index contributed by atoms with van der Waals surface area (Å²) in [5, 5.41) is 9.78. The monoisotopic (exact) mass is 369 g/mol. The number of halogens is 2. The fourth-order valence-corrected chi connectivity index (χ4v) is 2.53. The van der Waals surface area contributed by atoms with Crippen molar-refractivity contribution in [3.63, 3.8) is 0 Å². The molecule has 112 valence electrons. The Bertz CT molecular complexity index is 1030. The molecule has 4 nitrogen and oxygen atoms in total. The van der Waals surface area contributed by atoms with E-state index in [0.29, 0.717) is 15.4 Å².